The molecule has 2 aliphatic rings. The summed E-state index contributed by atoms with van der Waals surface area (Å²) in [5.41, 5.74) is 1.33. The van der Waals surface area contributed by atoms with Gasteiger partial charge in [-0.1, -0.05) is 12.5 Å². The Hall–Kier alpha value is -0.540. The quantitative estimate of drug-likeness (QED) is 0.866. The Kier molecular flexibility index (Phi) is 4.44. The number of hydrogen-bond donors (Lipinski definition) is 1. The van der Waals surface area contributed by atoms with E-state index in [2.05, 4.69) is 39.4 Å². The highest BCUT2D eigenvalue weighted by atomic mass is 79.9. The number of halogens is 1. The average molecular weight is 324 g/mol. The average Bonchev–Trinajstić information content (AvgIpc) is 3.25. The summed E-state index contributed by atoms with van der Waals surface area (Å²) in [5, 5.41) is 3.54. The Morgan fingerprint density at radius 2 is 1.89 bits per heavy atom. The number of hydrogen-bond acceptors (Lipinski definition) is 2. The van der Waals surface area contributed by atoms with Crippen molar-refractivity contribution >= 4 is 15.9 Å². The maximum Gasteiger partial charge on any atom is 0.133 e. The molecule has 0 aliphatic heterocycles. The van der Waals surface area contributed by atoms with Crippen molar-refractivity contribution in [2.24, 2.45) is 0 Å². The molecule has 2 nitrogen and oxygen atoms in total. The van der Waals surface area contributed by atoms with E-state index in [0.29, 0.717) is 6.10 Å². The van der Waals surface area contributed by atoms with E-state index in [0.717, 1.165) is 22.8 Å². The second-order valence-electron chi connectivity index (χ2n) is 5.80. The first kappa shape index (κ1) is 13.4. The summed E-state index contributed by atoms with van der Waals surface area (Å²) in [5.74, 6) is 1.00. The predicted octanol–water partition coefficient (Wildman–Crippen LogP) is 4.41. The Morgan fingerprint density at radius 3 is 2.58 bits per heavy atom. The fourth-order valence-electron chi connectivity index (χ4n) is 2.66. The van der Waals surface area contributed by atoms with Gasteiger partial charge in [0.15, 0.2) is 0 Å². The molecular formula is C16H22BrNO. The van der Waals surface area contributed by atoms with E-state index in [4.69, 9.17) is 4.74 Å². The number of ether oxygens (including phenoxy) is 1. The van der Waals surface area contributed by atoms with Crippen molar-refractivity contribution in [3.8, 4) is 5.75 Å². The smallest absolute Gasteiger partial charge is 0.133 e. The third-order valence-corrected chi connectivity index (χ3v) is 4.63. The molecule has 2 aliphatic carbocycles. The van der Waals surface area contributed by atoms with Gasteiger partial charge in [-0.3, -0.25) is 0 Å². The molecule has 1 aromatic rings. The van der Waals surface area contributed by atoms with Gasteiger partial charge < -0.3 is 10.1 Å². The van der Waals surface area contributed by atoms with Crippen LogP contribution in [-0.4, -0.2) is 12.1 Å². The van der Waals surface area contributed by atoms with Crippen LogP contribution in [0.25, 0.3) is 0 Å². The molecule has 104 valence electrons. The summed E-state index contributed by atoms with van der Waals surface area (Å²) < 4.78 is 7.20. The van der Waals surface area contributed by atoms with Gasteiger partial charge in [-0.2, -0.15) is 0 Å². The lowest BCUT2D eigenvalue weighted by atomic mass is 9.98. The van der Waals surface area contributed by atoms with Crippen LogP contribution in [0.15, 0.2) is 22.7 Å². The lowest BCUT2D eigenvalue weighted by Gasteiger charge is -2.23. The van der Waals surface area contributed by atoms with Crippen molar-refractivity contribution in [1.82, 2.24) is 5.32 Å². The molecular weight excluding hydrogens is 302 g/mol. The fraction of sp³-hybridized carbons (Fsp3) is 0.625. The van der Waals surface area contributed by atoms with Gasteiger partial charge in [-0.25, -0.2) is 0 Å². The van der Waals surface area contributed by atoms with Crippen LogP contribution in [0.1, 0.15) is 50.5 Å². The van der Waals surface area contributed by atoms with Crippen molar-refractivity contribution in [2.45, 2.75) is 63.6 Å². The summed E-state index contributed by atoms with van der Waals surface area (Å²) in [4.78, 5) is 0. The topological polar surface area (TPSA) is 21.3 Å². The predicted molar refractivity (Wildman–Crippen MR) is 81.5 cm³/mol. The van der Waals surface area contributed by atoms with Crippen LogP contribution in [0.3, 0.4) is 0 Å². The third-order valence-electron chi connectivity index (χ3n) is 4.01. The van der Waals surface area contributed by atoms with Crippen molar-refractivity contribution < 1.29 is 4.74 Å². The van der Waals surface area contributed by atoms with Crippen molar-refractivity contribution in [1.29, 1.82) is 0 Å². The van der Waals surface area contributed by atoms with Gasteiger partial charge >= 0.3 is 0 Å². The van der Waals surface area contributed by atoms with Gasteiger partial charge in [-0.15, -0.1) is 0 Å². The van der Waals surface area contributed by atoms with Crippen LogP contribution in [0.4, 0.5) is 0 Å². The highest BCUT2D eigenvalue weighted by Crippen LogP contribution is 2.30. The molecule has 0 heterocycles. The molecule has 3 rings (SSSR count). The van der Waals surface area contributed by atoms with Gasteiger partial charge in [0.1, 0.15) is 5.75 Å². The van der Waals surface area contributed by atoms with Crippen molar-refractivity contribution in [3.63, 3.8) is 0 Å². The zero-order valence-corrected chi connectivity index (χ0v) is 12.9. The molecule has 0 aromatic heterocycles. The Balaban J connectivity index is 1.58. The summed E-state index contributed by atoms with van der Waals surface area (Å²) in [7, 11) is 0. The van der Waals surface area contributed by atoms with Gasteiger partial charge in [0.2, 0.25) is 0 Å². The molecule has 0 bridgehead atoms. The van der Waals surface area contributed by atoms with E-state index in [1.54, 1.807) is 0 Å². The molecule has 0 spiro atoms. The number of benzene rings is 1. The van der Waals surface area contributed by atoms with Crippen LogP contribution in [0.5, 0.6) is 5.75 Å². The number of nitrogens with one attached hydrogen (secondary N) is 1. The maximum atomic E-state index is 6.11. The van der Waals surface area contributed by atoms with Crippen molar-refractivity contribution in [2.75, 3.05) is 0 Å². The van der Waals surface area contributed by atoms with Gasteiger partial charge in [0.05, 0.1) is 10.6 Å². The van der Waals surface area contributed by atoms with Gasteiger partial charge in [-0.05, 0) is 72.2 Å². The first-order valence-electron chi connectivity index (χ1n) is 7.50. The maximum absolute atomic E-state index is 6.11. The summed E-state index contributed by atoms with van der Waals surface area (Å²) >= 11 is 3.64. The zero-order valence-electron chi connectivity index (χ0n) is 11.3. The fourth-order valence-corrected chi connectivity index (χ4v) is 3.18. The standard InChI is InChI=1S/C16H22BrNO/c17-15-10-12(11-18-13-7-8-13)6-9-16(15)19-14-4-2-1-3-5-14/h6,9-10,13-14,18H,1-5,7-8,11H2. The molecule has 19 heavy (non-hydrogen) atoms. The Labute approximate surface area is 124 Å². The molecule has 2 saturated carbocycles. The minimum absolute atomic E-state index is 0.417. The Morgan fingerprint density at radius 1 is 1.11 bits per heavy atom. The Bertz CT molecular complexity index is 425. The molecule has 2 fully saturated rings. The molecule has 1 N–H and O–H groups in total. The largest absolute Gasteiger partial charge is 0.489 e. The van der Waals surface area contributed by atoms with Gasteiger partial charge in [0, 0.05) is 12.6 Å². The highest BCUT2D eigenvalue weighted by Gasteiger charge is 2.20. The molecule has 3 heteroatoms. The van der Waals surface area contributed by atoms with Crippen LogP contribution >= 0.6 is 15.9 Å². The lowest BCUT2D eigenvalue weighted by molar-refractivity contribution is 0.154. The van der Waals surface area contributed by atoms with E-state index in [-0.39, 0.29) is 0 Å². The van der Waals surface area contributed by atoms with E-state index in [1.807, 2.05) is 0 Å². The van der Waals surface area contributed by atoms with Crippen LogP contribution < -0.4 is 10.1 Å². The monoisotopic (exact) mass is 323 g/mol. The zero-order chi connectivity index (χ0) is 13.1. The third kappa shape index (κ3) is 3.96. The van der Waals surface area contributed by atoms with E-state index in [1.165, 1.54) is 50.5 Å². The molecule has 0 saturated heterocycles. The first-order valence-corrected chi connectivity index (χ1v) is 8.29. The molecule has 0 amide bonds. The highest BCUT2D eigenvalue weighted by molar-refractivity contribution is 9.10. The van der Waals surface area contributed by atoms with Crippen LogP contribution in [-0.2, 0) is 6.54 Å². The van der Waals surface area contributed by atoms with E-state index < -0.39 is 0 Å². The van der Waals surface area contributed by atoms with E-state index >= 15 is 0 Å². The summed E-state index contributed by atoms with van der Waals surface area (Å²) in [6.07, 6.45) is 9.49. The van der Waals surface area contributed by atoms with Crippen molar-refractivity contribution in [3.05, 3.63) is 28.2 Å². The summed E-state index contributed by atoms with van der Waals surface area (Å²) in [6, 6.07) is 7.24. The second kappa shape index (κ2) is 6.27. The molecule has 1 aromatic carbocycles. The molecule has 0 atom stereocenters. The summed E-state index contributed by atoms with van der Waals surface area (Å²) in [6.45, 7) is 0.965. The van der Waals surface area contributed by atoms with Crippen LogP contribution in [0, 0.1) is 0 Å². The minimum atomic E-state index is 0.417. The minimum Gasteiger partial charge on any atom is -0.489 e. The van der Waals surface area contributed by atoms with E-state index in [9.17, 15) is 0 Å². The number of rotatable bonds is 5. The normalized spacial score (nSPS) is 20.5. The lowest BCUT2D eigenvalue weighted by Crippen LogP contribution is -2.20. The first-order chi connectivity index (χ1) is 9.31. The second-order valence-corrected chi connectivity index (χ2v) is 6.65. The SMILES string of the molecule is Brc1cc(CNC2CC2)ccc1OC1CCCCC1. The molecule has 0 unspecified atom stereocenters. The van der Waals surface area contributed by atoms with Gasteiger partial charge in [0.25, 0.3) is 0 Å². The molecule has 0 radical (unpaired) electrons. The van der Waals surface area contributed by atoms with Crippen LogP contribution in [0.2, 0.25) is 0 Å².